The number of hydrogen-bond acceptors (Lipinski definition) is 13. The Balaban J connectivity index is 0.721. The maximum atomic E-state index is 13.2. The van der Waals surface area contributed by atoms with Crippen LogP contribution in [0.25, 0.3) is 16.7 Å². The second kappa shape index (κ2) is 20.8. The second-order valence-corrected chi connectivity index (χ2v) is 15.8. The highest BCUT2D eigenvalue weighted by Gasteiger charge is 2.45. The summed E-state index contributed by atoms with van der Waals surface area (Å²) in [6.07, 6.45) is 0.208. The van der Waals surface area contributed by atoms with Gasteiger partial charge in [-0.2, -0.15) is 5.10 Å². The third kappa shape index (κ3) is 11.5. The number of ether oxygens (including phenoxy) is 5. The van der Waals surface area contributed by atoms with Crippen molar-refractivity contribution in [1.29, 1.82) is 0 Å². The van der Waals surface area contributed by atoms with Crippen molar-refractivity contribution in [2.45, 2.75) is 57.5 Å². The number of amides is 4. The Morgan fingerprint density at radius 3 is 2.27 bits per heavy atom. The Morgan fingerprint density at radius 1 is 0.857 bits per heavy atom. The Morgan fingerprint density at radius 2 is 1.57 bits per heavy atom. The number of aliphatic hydroxyl groups excluding tert-OH is 2. The van der Waals surface area contributed by atoms with Gasteiger partial charge in [0.1, 0.15) is 37.7 Å². The van der Waals surface area contributed by atoms with Crippen LogP contribution in [0, 0.1) is 11.8 Å². The van der Waals surface area contributed by atoms with Gasteiger partial charge in [-0.3, -0.25) is 34.8 Å². The van der Waals surface area contributed by atoms with Crippen LogP contribution in [0.4, 0.5) is 16.3 Å². The summed E-state index contributed by atoms with van der Waals surface area (Å²) in [5, 5.41) is 35.4. The van der Waals surface area contributed by atoms with Crippen LogP contribution in [-0.4, -0.2) is 131 Å². The van der Waals surface area contributed by atoms with Crippen molar-refractivity contribution in [3.05, 3.63) is 95.4 Å². The number of aliphatic hydroxyl groups is 2. The van der Waals surface area contributed by atoms with Crippen LogP contribution in [0.1, 0.15) is 65.6 Å². The first kappa shape index (κ1) is 44.9. The fourth-order valence-corrected chi connectivity index (χ4v) is 7.03. The normalized spacial score (nSPS) is 17.4. The van der Waals surface area contributed by atoms with E-state index in [0.29, 0.717) is 82.1 Å². The number of H-pyrrole nitrogens is 1. The number of carbonyl (C=O) groups is 3. The van der Waals surface area contributed by atoms with E-state index in [2.05, 4.69) is 63.7 Å². The Bertz CT molecular complexity index is 2430. The lowest BCUT2D eigenvalue weighted by molar-refractivity contribution is -0.0413. The first-order valence-electron chi connectivity index (χ1n) is 20.7. The summed E-state index contributed by atoms with van der Waals surface area (Å²) in [4.78, 5) is 44.4. The van der Waals surface area contributed by atoms with Gasteiger partial charge in [0.05, 0.1) is 74.5 Å². The van der Waals surface area contributed by atoms with E-state index in [1.54, 1.807) is 24.5 Å². The minimum absolute atomic E-state index is 0.101. The number of nitrogens with one attached hydrogen (secondary N) is 4. The predicted octanol–water partition coefficient (Wildman–Crippen LogP) is 4.17. The highest BCUT2D eigenvalue weighted by atomic mass is 16.6. The van der Waals surface area contributed by atoms with E-state index < -0.39 is 30.3 Å². The summed E-state index contributed by atoms with van der Waals surface area (Å²) in [6, 6.07) is 18.7. The second-order valence-electron chi connectivity index (χ2n) is 15.8. The molecule has 4 heterocycles. The third-order valence-corrected chi connectivity index (χ3v) is 10.3. The van der Waals surface area contributed by atoms with Gasteiger partial charge in [0.25, 0.3) is 11.8 Å². The monoisotopic (exact) mass is 864 g/mol. The number of aromatic amines is 1. The quantitative estimate of drug-likeness (QED) is 0.0414. The van der Waals surface area contributed by atoms with E-state index in [0.717, 1.165) is 27.3 Å². The predicted molar refractivity (Wildman–Crippen MR) is 232 cm³/mol. The van der Waals surface area contributed by atoms with Crippen LogP contribution >= 0.6 is 0 Å². The molecule has 0 saturated carbocycles. The van der Waals surface area contributed by atoms with Crippen LogP contribution in [0.5, 0.6) is 5.75 Å². The average Bonchev–Trinajstić information content (AvgIpc) is 3.97. The van der Waals surface area contributed by atoms with Crippen LogP contribution < -0.4 is 20.7 Å². The molecule has 0 aliphatic carbocycles. The number of urea groups is 1. The summed E-state index contributed by atoms with van der Waals surface area (Å²) in [5.74, 6) is 5.93. The largest absolute Gasteiger partial charge is 0.491 e. The van der Waals surface area contributed by atoms with E-state index in [-0.39, 0.29) is 35.6 Å². The van der Waals surface area contributed by atoms with Gasteiger partial charge in [-0.25, -0.2) is 9.78 Å². The maximum absolute atomic E-state index is 13.2. The number of benzene rings is 3. The molecule has 0 spiro atoms. The molecule has 18 heteroatoms. The minimum Gasteiger partial charge on any atom is -0.491 e. The molecule has 7 rings (SSSR count). The summed E-state index contributed by atoms with van der Waals surface area (Å²) in [7, 11) is 0. The lowest BCUT2D eigenvalue weighted by Crippen LogP contribution is -2.58. The summed E-state index contributed by atoms with van der Waals surface area (Å²) in [5.41, 5.74) is 4.86. The Hall–Kier alpha value is -6.17. The van der Waals surface area contributed by atoms with Crippen molar-refractivity contribution in [1.82, 2.24) is 30.0 Å². The molecule has 3 atom stereocenters. The standard InChI is InChI=1S/C45H52N8O10/c1-45(2,3)37-27-38(51-50-37)48-44(58)47-30-9-11-31(12-10-30)52-28-46-34-26-32(13-14-35(34)52)63-25-24-62-23-22-61-21-20-60-19-18-59-17-5-7-29-6-4-8-33-40(29)43(57)53(42(33)56)36-15-16-39(54)49-41(36)55/h4,6,8-14,26-28,36,39,41,49,54-55H,15-25H2,1-3H3,(H3,47,48,50,51,58). The van der Waals surface area contributed by atoms with Gasteiger partial charge in [0.2, 0.25) is 0 Å². The van der Waals surface area contributed by atoms with E-state index >= 15 is 0 Å². The van der Waals surface area contributed by atoms with Crippen molar-refractivity contribution in [3.63, 3.8) is 0 Å². The number of rotatable bonds is 18. The molecular formula is C45H52N8O10. The molecule has 0 bridgehead atoms. The van der Waals surface area contributed by atoms with Crippen LogP contribution in [-0.2, 0) is 24.4 Å². The third-order valence-electron chi connectivity index (χ3n) is 10.3. The van der Waals surface area contributed by atoms with Gasteiger partial charge < -0.3 is 39.2 Å². The zero-order valence-electron chi connectivity index (χ0n) is 35.4. The molecule has 5 aromatic rings. The Labute approximate surface area is 364 Å². The summed E-state index contributed by atoms with van der Waals surface area (Å²) >= 11 is 0. The van der Waals surface area contributed by atoms with E-state index in [9.17, 15) is 24.6 Å². The molecule has 63 heavy (non-hydrogen) atoms. The smallest absolute Gasteiger partial charge is 0.324 e. The van der Waals surface area contributed by atoms with E-state index in [4.69, 9.17) is 23.7 Å². The van der Waals surface area contributed by atoms with Crippen molar-refractivity contribution in [2.24, 2.45) is 0 Å². The molecule has 3 aromatic carbocycles. The van der Waals surface area contributed by atoms with Crippen LogP contribution in [0.3, 0.4) is 0 Å². The fourth-order valence-electron chi connectivity index (χ4n) is 7.03. The molecule has 0 radical (unpaired) electrons. The molecule has 1 fully saturated rings. The topological polar surface area (TPSA) is 224 Å². The highest BCUT2D eigenvalue weighted by molar-refractivity contribution is 6.22. The van der Waals surface area contributed by atoms with Crippen molar-refractivity contribution in [2.75, 3.05) is 70.1 Å². The number of nitrogens with zero attached hydrogens (tertiary/aromatic N) is 4. The number of fused-ring (bicyclic) bond motifs is 2. The first-order chi connectivity index (χ1) is 30.5. The van der Waals surface area contributed by atoms with Gasteiger partial charge >= 0.3 is 6.03 Å². The molecule has 3 unspecified atom stereocenters. The molecule has 332 valence electrons. The van der Waals surface area contributed by atoms with Crippen LogP contribution in [0.15, 0.2) is 73.1 Å². The number of aromatic nitrogens is 4. The molecule has 2 aliphatic heterocycles. The molecule has 1 saturated heterocycles. The summed E-state index contributed by atoms with van der Waals surface area (Å²) in [6.45, 7) is 9.29. The number of imide groups is 1. The van der Waals surface area contributed by atoms with E-state index in [1.807, 2.05) is 53.1 Å². The zero-order chi connectivity index (χ0) is 44.3. The van der Waals surface area contributed by atoms with Crippen molar-refractivity contribution >= 4 is 40.4 Å². The number of hydrogen-bond donors (Lipinski definition) is 6. The maximum Gasteiger partial charge on any atom is 0.324 e. The van der Waals surface area contributed by atoms with Gasteiger partial charge in [0, 0.05) is 40.2 Å². The van der Waals surface area contributed by atoms with Gasteiger partial charge in [-0.05, 0) is 61.4 Å². The number of piperidine rings is 1. The molecule has 2 aromatic heterocycles. The lowest BCUT2D eigenvalue weighted by Gasteiger charge is -2.36. The lowest BCUT2D eigenvalue weighted by atomic mass is 9.92. The number of imidazole rings is 1. The first-order valence-corrected chi connectivity index (χ1v) is 20.7. The molecule has 2 aliphatic rings. The van der Waals surface area contributed by atoms with Gasteiger partial charge in [-0.1, -0.05) is 38.7 Å². The highest BCUT2D eigenvalue weighted by Crippen LogP contribution is 2.31. The SMILES string of the molecule is CC(C)(C)c1cc(NC(=O)Nc2ccc(-n3cnc4cc(OCCOCCOCCOCCOCC#Cc5cccc6c5C(=O)N(C5CCC(O)NC5O)C6=O)ccc43)cc2)n[nH]1. The van der Waals surface area contributed by atoms with Crippen molar-refractivity contribution < 1.29 is 48.3 Å². The Kier molecular flexibility index (Phi) is 14.8. The minimum atomic E-state index is -1.22. The molecule has 6 N–H and O–H groups in total. The van der Waals surface area contributed by atoms with Gasteiger partial charge in [0.15, 0.2) is 5.82 Å². The van der Waals surface area contributed by atoms with Crippen LogP contribution in [0.2, 0.25) is 0 Å². The molecule has 18 nitrogen and oxygen atoms in total. The molecular weight excluding hydrogens is 813 g/mol. The van der Waals surface area contributed by atoms with Crippen molar-refractivity contribution in [3.8, 4) is 23.3 Å². The van der Waals surface area contributed by atoms with Gasteiger partial charge in [-0.15, -0.1) is 0 Å². The zero-order valence-corrected chi connectivity index (χ0v) is 35.4. The molecule has 4 amide bonds. The number of anilines is 2. The average molecular weight is 865 g/mol. The van der Waals surface area contributed by atoms with E-state index in [1.165, 1.54) is 0 Å². The fraction of sp³-hybridized carbons (Fsp3) is 0.400. The summed E-state index contributed by atoms with van der Waals surface area (Å²) < 4.78 is 30.1. The number of carbonyl (C=O) groups excluding carboxylic acids is 3.